The Balaban J connectivity index is 1.31. The summed E-state index contributed by atoms with van der Waals surface area (Å²) in [7, 11) is 0.644. The summed E-state index contributed by atoms with van der Waals surface area (Å²) in [6.45, 7) is 0.509. The summed E-state index contributed by atoms with van der Waals surface area (Å²) in [5.41, 5.74) is 4.52. The quantitative estimate of drug-likeness (QED) is 0.0936. The van der Waals surface area contributed by atoms with Gasteiger partial charge in [0.15, 0.2) is 0 Å². The van der Waals surface area contributed by atoms with E-state index in [4.69, 9.17) is 14.2 Å². The summed E-state index contributed by atoms with van der Waals surface area (Å²) in [5, 5.41) is 6.51. The van der Waals surface area contributed by atoms with Crippen molar-refractivity contribution in [1.29, 1.82) is 0 Å². The second-order valence-corrected chi connectivity index (χ2v) is 16.1. The van der Waals surface area contributed by atoms with E-state index in [1.54, 1.807) is 19.1 Å². The average molecular weight is 768 g/mol. The van der Waals surface area contributed by atoms with E-state index < -0.39 is 7.05 Å². The van der Waals surface area contributed by atoms with Crippen LogP contribution in [0.3, 0.4) is 0 Å². The number of nitrogens with one attached hydrogen (secondary N) is 1. The van der Waals surface area contributed by atoms with Crippen LogP contribution < -0.4 is 30.7 Å². The van der Waals surface area contributed by atoms with Crippen molar-refractivity contribution in [3.8, 4) is 11.5 Å². The van der Waals surface area contributed by atoms with E-state index in [0.29, 0.717) is 22.8 Å². The number of anilines is 1. The first-order valence-corrected chi connectivity index (χ1v) is 20.3. The molecule has 0 heterocycles. The van der Waals surface area contributed by atoms with Gasteiger partial charge in [0.1, 0.15) is 17.5 Å². The van der Waals surface area contributed by atoms with E-state index in [2.05, 4.69) is 94.1 Å². The van der Waals surface area contributed by atoms with Crippen molar-refractivity contribution in [3.63, 3.8) is 0 Å². The molecule has 57 heavy (non-hydrogen) atoms. The number of urea groups is 1. The van der Waals surface area contributed by atoms with Crippen LogP contribution in [0.15, 0.2) is 203 Å². The molecular formula is C48H42N5O3P. The first-order chi connectivity index (χ1) is 28.1. The van der Waals surface area contributed by atoms with Crippen molar-refractivity contribution in [2.24, 2.45) is 14.7 Å². The van der Waals surface area contributed by atoms with Crippen molar-refractivity contribution in [2.75, 3.05) is 19.5 Å². The predicted molar refractivity (Wildman–Crippen MR) is 234 cm³/mol. The molecule has 0 aliphatic rings. The van der Waals surface area contributed by atoms with Gasteiger partial charge in [0.2, 0.25) is 0 Å². The van der Waals surface area contributed by atoms with E-state index in [1.165, 1.54) is 0 Å². The Morgan fingerprint density at radius 3 is 1.49 bits per heavy atom. The van der Waals surface area contributed by atoms with Gasteiger partial charge in [-0.25, -0.2) is 4.79 Å². The Labute approximate surface area is 333 Å². The van der Waals surface area contributed by atoms with Gasteiger partial charge in [0.25, 0.3) is 0 Å². The fourth-order valence-corrected chi connectivity index (χ4v) is 10.1. The molecule has 0 saturated carbocycles. The van der Waals surface area contributed by atoms with Crippen LogP contribution >= 0.6 is 7.05 Å². The number of nitrogens with zero attached hydrogens (tertiary/aromatic N) is 4. The number of para-hydroxylation sites is 1. The number of rotatable bonds is 13. The number of methoxy groups -OCH3 is 2. The minimum atomic E-state index is -2.60. The Hall–Kier alpha value is -6.98. The standard InChI is InChI=1S/C48H42N5O3P/c1-55-41-30-26-39(27-31-41)49-36-50-46-24-14-12-16-37(46)34-53(48(54)51-40-28-32-42(56-2)33-29-40)35-38-17-13-15-25-47(38)52-57(43-18-6-3-7-19-43,44-20-8-4-9-21-44)45-22-10-5-11-23-45/h3-33H,34-35H2,1-2H3,(H,51,54). The fraction of sp³-hybridized carbons (Fsp3) is 0.0833. The zero-order chi connectivity index (χ0) is 39.3. The van der Waals surface area contributed by atoms with E-state index in [9.17, 15) is 4.79 Å². The van der Waals surface area contributed by atoms with Crippen molar-refractivity contribution in [3.05, 3.63) is 199 Å². The smallest absolute Gasteiger partial charge is 0.322 e. The maximum atomic E-state index is 14.4. The number of hydrogen-bond acceptors (Lipinski definition) is 6. The van der Waals surface area contributed by atoms with Gasteiger partial charge in [-0.1, -0.05) is 127 Å². The molecule has 0 fully saturated rings. The third kappa shape index (κ3) is 9.29. The van der Waals surface area contributed by atoms with Crippen LogP contribution in [0.4, 0.5) is 27.5 Å². The fourth-order valence-electron chi connectivity index (χ4n) is 6.49. The van der Waals surface area contributed by atoms with E-state index in [0.717, 1.165) is 38.5 Å². The topological polar surface area (TPSA) is 87.9 Å². The Kier molecular flexibility index (Phi) is 12.5. The first kappa shape index (κ1) is 38.3. The molecule has 0 aliphatic carbocycles. The van der Waals surface area contributed by atoms with Gasteiger partial charge in [-0.3, -0.25) is 4.74 Å². The highest BCUT2D eigenvalue weighted by molar-refractivity contribution is 7.87. The van der Waals surface area contributed by atoms with Crippen LogP contribution in [0.2, 0.25) is 0 Å². The van der Waals surface area contributed by atoms with Crippen LogP contribution in [0.1, 0.15) is 11.1 Å². The van der Waals surface area contributed by atoms with E-state index >= 15 is 0 Å². The molecule has 0 radical (unpaired) electrons. The molecule has 7 rings (SSSR count). The van der Waals surface area contributed by atoms with Crippen molar-refractivity contribution in [1.82, 2.24) is 4.90 Å². The Morgan fingerprint density at radius 2 is 0.982 bits per heavy atom. The molecule has 0 unspecified atom stereocenters. The predicted octanol–water partition coefficient (Wildman–Crippen LogP) is 10.9. The maximum Gasteiger partial charge on any atom is 0.322 e. The molecule has 0 atom stereocenters. The number of aliphatic imine (C=N–C) groups is 2. The molecule has 8 nitrogen and oxygen atoms in total. The Morgan fingerprint density at radius 1 is 0.544 bits per heavy atom. The SMILES string of the molecule is COc1ccc(N=C=Nc2ccccc2CN(Cc2ccccc2N=P(c2ccccc2)(c2ccccc2)c2ccccc2)C(=O)Nc2ccc(OC)cc2)cc1. The van der Waals surface area contributed by atoms with Crippen molar-refractivity contribution >= 4 is 57.8 Å². The largest absolute Gasteiger partial charge is 0.497 e. The second-order valence-electron chi connectivity index (χ2n) is 13.0. The van der Waals surface area contributed by atoms with Crippen LogP contribution in [0.25, 0.3) is 0 Å². The summed E-state index contributed by atoms with van der Waals surface area (Å²) in [6, 6.07) is 64.6. The van der Waals surface area contributed by atoms with Crippen molar-refractivity contribution in [2.45, 2.75) is 13.1 Å². The lowest BCUT2D eigenvalue weighted by Crippen LogP contribution is -2.34. The van der Waals surface area contributed by atoms with Crippen molar-refractivity contribution < 1.29 is 14.3 Å². The molecule has 7 aromatic rings. The molecule has 0 aromatic heterocycles. The van der Waals surface area contributed by atoms with Gasteiger partial charge in [0.05, 0.1) is 38.3 Å². The summed E-state index contributed by atoms with van der Waals surface area (Å²) >= 11 is 0. The third-order valence-corrected chi connectivity index (χ3v) is 13.1. The van der Waals surface area contributed by atoms with Crippen LogP contribution in [0, 0.1) is 0 Å². The number of benzene rings is 7. The molecule has 282 valence electrons. The molecule has 1 N–H and O–H groups in total. The second kappa shape index (κ2) is 18.6. The molecule has 9 heteroatoms. The third-order valence-electron chi connectivity index (χ3n) is 9.40. The first-order valence-electron chi connectivity index (χ1n) is 18.5. The zero-order valence-electron chi connectivity index (χ0n) is 31.8. The van der Waals surface area contributed by atoms with Gasteiger partial charge >= 0.3 is 6.03 Å². The number of carbonyl (C=O) groups is 1. The molecule has 0 spiro atoms. The number of ether oxygens (including phenoxy) is 2. The zero-order valence-corrected chi connectivity index (χ0v) is 32.7. The molecule has 7 aromatic carbocycles. The van der Waals surface area contributed by atoms with Gasteiger partial charge < -0.3 is 19.7 Å². The lowest BCUT2D eigenvalue weighted by molar-refractivity contribution is 0.206. The molecule has 0 bridgehead atoms. The monoisotopic (exact) mass is 767 g/mol. The number of hydrogen-bond donors (Lipinski definition) is 1. The van der Waals surface area contributed by atoms with Gasteiger partial charge in [-0.15, -0.1) is 0 Å². The van der Waals surface area contributed by atoms with Crippen LogP contribution in [0.5, 0.6) is 11.5 Å². The summed E-state index contributed by atoms with van der Waals surface area (Å²) < 4.78 is 16.4. The lowest BCUT2D eigenvalue weighted by atomic mass is 10.1. The van der Waals surface area contributed by atoms with Gasteiger partial charge in [-0.2, -0.15) is 9.98 Å². The summed E-state index contributed by atoms with van der Waals surface area (Å²) in [6.07, 6.45) is 0. The summed E-state index contributed by atoms with van der Waals surface area (Å²) in [5.74, 6) is 1.44. The average Bonchev–Trinajstić information content (AvgIpc) is 3.27. The van der Waals surface area contributed by atoms with Gasteiger partial charge in [-0.05, 0) is 71.8 Å². The highest BCUT2D eigenvalue weighted by Crippen LogP contribution is 2.50. The summed E-state index contributed by atoms with van der Waals surface area (Å²) in [4.78, 5) is 25.2. The molecule has 2 amide bonds. The number of carbonyl (C=O) groups excluding carboxylic acids is 1. The Bertz CT molecular complexity index is 2420. The lowest BCUT2D eigenvalue weighted by Gasteiger charge is -2.28. The minimum Gasteiger partial charge on any atom is -0.497 e. The highest BCUT2D eigenvalue weighted by Gasteiger charge is 2.28. The minimum absolute atomic E-state index is 0.247. The maximum absolute atomic E-state index is 14.4. The van der Waals surface area contributed by atoms with E-state index in [-0.39, 0.29) is 19.1 Å². The van der Waals surface area contributed by atoms with E-state index in [1.807, 2.05) is 115 Å². The van der Waals surface area contributed by atoms with Gasteiger partial charge in [0, 0.05) is 34.7 Å². The normalized spacial score (nSPS) is 10.8. The van der Waals surface area contributed by atoms with Crippen LogP contribution in [-0.2, 0) is 13.1 Å². The number of amides is 2. The molecule has 0 aliphatic heterocycles. The molecule has 0 saturated heterocycles. The van der Waals surface area contributed by atoms with Crippen LogP contribution in [-0.4, -0.2) is 31.2 Å². The molecular weight excluding hydrogens is 726 g/mol. The highest BCUT2D eigenvalue weighted by atomic mass is 31.2.